The molecule has 1 unspecified atom stereocenters. The summed E-state index contributed by atoms with van der Waals surface area (Å²) >= 11 is 0. The third kappa shape index (κ3) is 7.92. The van der Waals surface area contributed by atoms with Crippen LogP contribution in [0.2, 0.25) is 18.1 Å². The Balaban J connectivity index is 1.94. The lowest BCUT2D eigenvalue weighted by atomic mass is 9.76. The van der Waals surface area contributed by atoms with E-state index in [0.29, 0.717) is 11.4 Å². The largest absolute Gasteiger partial charge is 0.411 e. The summed E-state index contributed by atoms with van der Waals surface area (Å²) in [6.07, 6.45) is 3.94. The molecule has 206 valence electrons. The predicted molar refractivity (Wildman–Crippen MR) is 161 cm³/mol. The van der Waals surface area contributed by atoms with E-state index in [2.05, 4.69) is 65.6 Å². The second-order valence-electron chi connectivity index (χ2n) is 13.0. The van der Waals surface area contributed by atoms with Crippen LogP contribution < -0.4 is 0 Å². The topological polar surface area (TPSA) is 46.6 Å². The molecule has 0 bridgehead atoms. The minimum atomic E-state index is -3.73. The number of aryl methyl sites for hydroxylation is 2. The maximum atomic E-state index is 13.8. The molecule has 0 amide bonds. The van der Waals surface area contributed by atoms with Crippen LogP contribution in [0.25, 0.3) is 0 Å². The van der Waals surface area contributed by atoms with Gasteiger partial charge in [-0.1, -0.05) is 93.5 Å². The highest BCUT2D eigenvalue weighted by atomic mass is 32.2. The summed E-state index contributed by atoms with van der Waals surface area (Å²) in [4.78, 5) is 0.296. The van der Waals surface area contributed by atoms with Gasteiger partial charge in [-0.2, -0.15) is 4.31 Å². The Kier molecular flexibility index (Phi) is 9.20. The summed E-state index contributed by atoms with van der Waals surface area (Å²) in [5, 5.41) is 0.106. The SMILES string of the molecule is Cc1ccc(C#CCN(CC2=CC(O[Si](C)(C)C(C)(C)C)CC(C)(C)C2)S(=O)(=O)c2ccc(C)cc2)cc1. The zero-order chi connectivity index (χ0) is 28.4. The molecule has 3 rings (SSSR count). The van der Waals surface area contributed by atoms with Crippen LogP contribution in [0.4, 0.5) is 0 Å². The highest BCUT2D eigenvalue weighted by Crippen LogP contribution is 2.42. The van der Waals surface area contributed by atoms with Crippen LogP contribution in [0.5, 0.6) is 0 Å². The van der Waals surface area contributed by atoms with Crippen molar-refractivity contribution >= 4 is 18.3 Å². The molecule has 0 fully saturated rings. The average molecular weight is 552 g/mol. The molecule has 1 aliphatic carbocycles. The quantitative estimate of drug-likeness (QED) is 0.204. The van der Waals surface area contributed by atoms with Gasteiger partial charge in [0.1, 0.15) is 0 Å². The molecular formula is C32H45NO3SSi. The Morgan fingerprint density at radius 2 is 1.55 bits per heavy atom. The molecule has 0 N–H and O–H groups in total. The summed E-state index contributed by atoms with van der Waals surface area (Å²) in [6.45, 7) is 20.2. The first-order chi connectivity index (χ1) is 17.5. The zero-order valence-electron chi connectivity index (χ0n) is 24.7. The Labute approximate surface area is 232 Å². The van der Waals surface area contributed by atoms with Crippen molar-refractivity contribution in [2.45, 2.75) is 90.4 Å². The van der Waals surface area contributed by atoms with Crippen molar-refractivity contribution in [1.29, 1.82) is 0 Å². The molecule has 4 nitrogen and oxygen atoms in total. The van der Waals surface area contributed by atoms with Gasteiger partial charge in [0.25, 0.3) is 0 Å². The maximum absolute atomic E-state index is 13.8. The van der Waals surface area contributed by atoms with Crippen LogP contribution in [0.3, 0.4) is 0 Å². The summed E-state index contributed by atoms with van der Waals surface area (Å²) < 4.78 is 35.9. The molecule has 0 saturated carbocycles. The molecule has 1 atom stereocenters. The average Bonchev–Trinajstić information content (AvgIpc) is 2.78. The van der Waals surface area contributed by atoms with Gasteiger partial charge < -0.3 is 4.43 Å². The second kappa shape index (κ2) is 11.5. The van der Waals surface area contributed by atoms with Crippen LogP contribution in [0.15, 0.2) is 65.1 Å². The summed E-state index contributed by atoms with van der Waals surface area (Å²) in [7, 11) is -5.71. The Morgan fingerprint density at radius 1 is 1.00 bits per heavy atom. The van der Waals surface area contributed by atoms with Gasteiger partial charge in [-0.3, -0.25) is 0 Å². The van der Waals surface area contributed by atoms with Crippen molar-refractivity contribution in [1.82, 2.24) is 4.31 Å². The monoisotopic (exact) mass is 551 g/mol. The third-order valence-electron chi connectivity index (χ3n) is 7.71. The Morgan fingerprint density at radius 3 is 2.11 bits per heavy atom. The van der Waals surface area contributed by atoms with Crippen molar-refractivity contribution in [2.75, 3.05) is 13.1 Å². The van der Waals surface area contributed by atoms with Crippen LogP contribution in [0.1, 0.15) is 64.2 Å². The third-order valence-corrected chi connectivity index (χ3v) is 14.0. The van der Waals surface area contributed by atoms with Crippen LogP contribution in [0, 0.1) is 31.1 Å². The molecule has 0 radical (unpaired) electrons. The van der Waals surface area contributed by atoms with E-state index in [4.69, 9.17) is 4.43 Å². The standard InChI is InChI=1S/C32H45NO3SSi/c1-25-12-16-27(17-13-25)11-10-20-33(37(34,35)30-18-14-26(2)15-19-30)24-28-21-29(23-32(6,7)22-28)36-38(8,9)31(3,4)5/h12-19,21,29H,20,22-24H2,1-9H3. The Hall–Kier alpha value is -2.17. The van der Waals surface area contributed by atoms with Gasteiger partial charge in [0.2, 0.25) is 10.0 Å². The van der Waals surface area contributed by atoms with Gasteiger partial charge >= 0.3 is 0 Å². The molecule has 0 spiro atoms. The fourth-order valence-corrected chi connectivity index (χ4v) is 7.14. The van der Waals surface area contributed by atoms with E-state index in [0.717, 1.165) is 29.5 Å². The normalized spacial score (nSPS) is 18.1. The van der Waals surface area contributed by atoms with Gasteiger partial charge in [-0.05, 0) is 74.5 Å². The highest BCUT2D eigenvalue weighted by molar-refractivity contribution is 7.89. The lowest BCUT2D eigenvalue weighted by Gasteiger charge is -2.43. The van der Waals surface area contributed by atoms with Gasteiger partial charge in [-0.15, -0.1) is 0 Å². The van der Waals surface area contributed by atoms with E-state index >= 15 is 0 Å². The molecule has 1 aliphatic rings. The number of rotatable bonds is 7. The fourth-order valence-electron chi connectivity index (χ4n) is 4.53. The van der Waals surface area contributed by atoms with Crippen LogP contribution in [-0.2, 0) is 14.4 Å². The van der Waals surface area contributed by atoms with Crippen molar-refractivity contribution in [3.8, 4) is 11.8 Å². The van der Waals surface area contributed by atoms with Gasteiger partial charge in [0.05, 0.1) is 17.5 Å². The number of sulfonamides is 1. The van der Waals surface area contributed by atoms with Crippen LogP contribution in [-0.4, -0.2) is 40.2 Å². The molecule has 0 heterocycles. The first-order valence-electron chi connectivity index (χ1n) is 13.5. The summed E-state index contributed by atoms with van der Waals surface area (Å²) in [6, 6.07) is 15.0. The highest BCUT2D eigenvalue weighted by Gasteiger charge is 2.41. The van der Waals surface area contributed by atoms with Gasteiger partial charge in [0.15, 0.2) is 8.32 Å². The van der Waals surface area contributed by atoms with E-state index in [1.165, 1.54) is 9.87 Å². The van der Waals surface area contributed by atoms with E-state index in [1.54, 1.807) is 12.1 Å². The minimum Gasteiger partial charge on any atom is -0.411 e. The first-order valence-corrected chi connectivity index (χ1v) is 17.8. The molecule has 0 saturated heterocycles. The number of benzene rings is 2. The Bertz CT molecular complexity index is 1310. The lowest BCUT2D eigenvalue weighted by Crippen LogP contribution is -2.45. The van der Waals surface area contributed by atoms with E-state index in [-0.39, 0.29) is 23.1 Å². The van der Waals surface area contributed by atoms with Gasteiger partial charge in [-0.25, -0.2) is 8.42 Å². The smallest absolute Gasteiger partial charge is 0.244 e. The number of hydrogen-bond acceptors (Lipinski definition) is 3. The van der Waals surface area contributed by atoms with Crippen molar-refractivity contribution in [3.63, 3.8) is 0 Å². The molecule has 0 aromatic heterocycles. The molecule has 38 heavy (non-hydrogen) atoms. The molecule has 2 aromatic carbocycles. The van der Waals surface area contributed by atoms with Gasteiger partial charge in [0, 0.05) is 12.1 Å². The van der Waals surface area contributed by atoms with E-state index < -0.39 is 18.3 Å². The number of nitrogens with zero attached hydrogens (tertiary/aromatic N) is 1. The first kappa shape index (κ1) is 30.4. The predicted octanol–water partition coefficient (Wildman–Crippen LogP) is 7.48. The van der Waals surface area contributed by atoms with Crippen molar-refractivity contribution < 1.29 is 12.8 Å². The minimum absolute atomic E-state index is 0.0165. The van der Waals surface area contributed by atoms with E-state index in [9.17, 15) is 8.42 Å². The molecular weight excluding hydrogens is 507 g/mol. The fraction of sp³-hybridized carbons (Fsp3) is 0.500. The van der Waals surface area contributed by atoms with Crippen molar-refractivity contribution in [2.24, 2.45) is 5.41 Å². The van der Waals surface area contributed by atoms with Crippen LogP contribution >= 0.6 is 0 Å². The van der Waals surface area contributed by atoms with Crippen molar-refractivity contribution in [3.05, 3.63) is 76.9 Å². The van der Waals surface area contributed by atoms with E-state index in [1.807, 2.05) is 50.2 Å². The molecule has 2 aromatic rings. The maximum Gasteiger partial charge on any atom is 0.244 e. The number of hydrogen-bond donors (Lipinski definition) is 0. The lowest BCUT2D eigenvalue weighted by molar-refractivity contribution is 0.142. The molecule has 0 aliphatic heterocycles. The second-order valence-corrected chi connectivity index (χ2v) is 19.7. The summed E-state index contributed by atoms with van der Waals surface area (Å²) in [5.41, 5.74) is 4.18. The molecule has 6 heteroatoms. The zero-order valence-corrected chi connectivity index (χ0v) is 26.5. The summed E-state index contributed by atoms with van der Waals surface area (Å²) in [5.74, 6) is 6.28.